The Morgan fingerprint density at radius 2 is 2.33 bits per heavy atom. The molecule has 1 heterocycles. The molecular formula is C7H11NO. The monoisotopic (exact) mass is 125 g/mol. The van der Waals surface area contributed by atoms with Crippen LogP contribution in [0.4, 0.5) is 0 Å². The minimum Gasteiger partial charge on any atom is -0.356 e. The maximum absolute atomic E-state index is 10.9. The van der Waals surface area contributed by atoms with E-state index in [4.69, 9.17) is 0 Å². The molecule has 2 aliphatic rings. The summed E-state index contributed by atoms with van der Waals surface area (Å²) in [5.41, 5.74) is 0.322. The van der Waals surface area contributed by atoms with Crippen LogP contribution in [0.15, 0.2) is 0 Å². The molecule has 50 valence electrons. The van der Waals surface area contributed by atoms with Crippen molar-refractivity contribution in [3.63, 3.8) is 0 Å². The molecule has 0 unspecified atom stereocenters. The first kappa shape index (κ1) is 5.27. The molecule has 1 aliphatic carbocycles. The molecule has 1 saturated carbocycles. The second-order valence-corrected chi connectivity index (χ2v) is 3.65. The Morgan fingerprint density at radius 3 is 2.56 bits per heavy atom. The molecule has 0 radical (unpaired) electrons. The molecule has 0 aromatic rings. The van der Waals surface area contributed by atoms with Gasteiger partial charge in [0.2, 0.25) is 5.91 Å². The quantitative estimate of drug-likeness (QED) is 0.498. The number of carbonyl (C=O) groups excluding carboxylic acids is 1. The molecule has 1 saturated heterocycles. The van der Waals surface area contributed by atoms with Gasteiger partial charge in [-0.25, -0.2) is 0 Å². The second kappa shape index (κ2) is 1.15. The maximum Gasteiger partial charge on any atom is 0.224 e. The predicted molar refractivity (Wildman–Crippen MR) is 33.8 cm³/mol. The minimum absolute atomic E-state index is 0.269. The number of hydrogen-bond acceptors (Lipinski definition) is 1. The molecule has 2 rings (SSSR count). The van der Waals surface area contributed by atoms with Crippen LogP contribution in [0.2, 0.25) is 0 Å². The summed E-state index contributed by atoms with van der Waals surface area (Å²) < 4.78 is 0. The van der Waals surface area contributed by atoms with Crippen LogP contribution < -0.4 is 5.32 Å². The fourth-order valence-corrected chi connectivity index (χ4v) is 1.97. The molecular weight excluding hydrogens is 114 g/mol. The lowest BCUT2D eigenvalue weighted by Gasteiger charge is -2.06. The van der Waals surface area contributed by atoms with Crippen molar-refractivity contribution < 1.29 is 4.79 Å². The van der Waals surface area contributed by atoms with E-state index in [1.54, 1.807) is 0 Å². The van der Waals surface area contributed by atoms with Gasteiger partial charge in [-0.1, -0.05) is 13.8 Å². The predicted octanol–water partition coefficient (Wildman–Crippen LogP) is 0.388. The third-order valence-corrected chi connectivity index (χ3v) is 2.83. The number of hydrogen-bond donors (Lipinski definition) is 1. The van der Waals surface area contributed by atoms with Gasteiger partial charge in [0.15, 0.2) is 0 Å². The Bertz CT molecular complexity index is 174. The van der Waals surface area contributed by atoms with E-state index < -0.39 is 0 Å². The number of amides is 1. The van der Waals surface area contributed by atoms with Gasteiger partial charge in [0, 0.05) is 12.5 Å². The van der Waals surface area contributed by atoms with Crippen molar-refractivity contribution in [2.24, 2.45) is 17.3 Å². The first-order chi connectivity index (χ1) is 4.14. The average Bonchev–Trinajstić information content (AvgIpc) is 2.19. The van der Waals surface area contributed by atoms with E-state index in [-0.39, 0.29) is 5.91 Å². The van der Waals surface area contributed by atoms with Gasteiger partial charge in [-0.15, -0.1) is 0 Å². The first-order valence-electron chi connectivity index (χ1n) is 3.42. The fourth-order valence-electron chi connectivity index (χ4n) is 1.97. The SMILES string of the molecule is CC1(C)[C@@H]2CNC(=O)[C@@H]21. The minimum atomic E-state index is 0.269. The number of rotatable bonds is 0. The van der Waals surface area contributed by atoms with Crippen molar-refractivity contribution in [2.45, 2.75) is 13.8 Å². The Kier molecular flexibility index (Phi) is 0.675. The molecule has 9 heavy (non-hydrogen) atoms. The fraction of sp³-hybridized carbons (Fsp3) is 0.857. The zero-order chi connectivity index (χ0) is 6.65. The molecule has 2 nitrogen and oxygen atoms in total. The number of fused-ring (bicyclic) bond motifs is 1. The van der Waals surface area contributed by atoms with E-state index in [9.17, 15) is 4.79 Å². The van der Waals surface area contributed by atoms with Crippen LogP contribution in [-0.2, 0) is 4.79 Å². The maximum atomic E-state index is 10.9. The highest BCUT2D eigenvalue weighted by Crippen LogP contribution is 2.60. The van der Waals surface area contributed by atoms with Crippen molar-refractivity contribution in [3.8, 4) is 0 Å². The Morgan fingerprint density at radius 1 is 1.67 bits per heavy atom. The van der Waals surface area contributed by atoms with Crippen molar-refractivity contribution >= 4 is 5.91 Å². The molecule has 0 spiro atoms. The lowest BCUT2D eigenvalue weighted by Crippen LogP contribution is -2.24. The van der Waals surface area contributed by atoms with Gasteiger partial charge in [0.1, 0.15) is 0 Å². The zero-order valence-electron chi connectivity index (χ0n) is 5.77. The Labute approximate surface area is 54.6 Å². The highest BCUT2D eigenvalue weighted by atomic mass is 16.2. The van der Waals surface area contributed by atoms with E-state index in [1.807, 2.05) is 0 Å². The van der Waals surface area contributed by atoms with Crippen molar-refractivity contribution in [2.75, 3.05) is 6.54 Å². The van der Waals surface area contributed by atoms with Crippen LogP contribution in [0, 0.1) is 17.3 Å². The van der Waals surface area contributed by atoms with Gasteiger partial charge in [-0.05, 0) is 11.3 Å². The van der Waals surface area contributed by atoms with E-state index in [2.05, 4.69) is 19.2 Å². The van der Waals surface area contributed by atoms with Gasteiger partial charge in [0.05, 0.1) is 0 Å². The van der Waals surface area contributed by atoms with Gasteiger partial charge < -0.3 is 5.32 Å². The standard InChI is InChI=1S/C7H11NO/c1-7(2)4-3-8-6(9)5(4)7/h4-5H,3H2,1-2H3,(H,8,9)/t4-,5-/m1/s1. The summed E-state index contributed by atoms with van der Waals surface area (Å²) in [6, 6.07) is 0. The molecule has 1 aliphatic heterocycles. The molecule has 0 bridgehead atoms. The third-order valence-electron chi connectivity index (χ3n) is 2.83. The molecule has 2 fully saturated rings. The second-order valence-electron chi connectivity index (χ2n) is 3.65. The summed E-state index contributed by atoms with van der Waals surface area (Å²) in [5.74, 6) is 1.26. The van der Waals surface area contributed by atoms with Crippen LogP contribution in [-0.4, -0.2) is 12.5 Å². The zero-order valence-corrected chi connectivity index (χ0v) is 5.77. The van der Waals surface area contributed by atoms with E-state index >= 15 is 0 Å². The molecule has 2 atom stereocenters. The molecule has 0 aromatic heterocycles. The van der Waals surface area contributed by atoms with Crippen LogP contribution in [0.25, 0.3) is 0 Å². The highest BCUT2D eigenvalue weighted by molar-refractivity contribution is 5.86. The van der Waals surface area contributed by atoms with Crippen LogP contribution in [0.3, 0.4) is 0 Å². The van der Waals surface area contributed by atoms with Crippen molar-refractivity contribution in [3.05, 3.63) is 0 Å². The number of carbonyl (C=O) groups is 1. The lowest BCUT2D eigenvalue weighted by molar-refractivity contribution is -0.121. The summed E-state index contributed by atoms with van der Waals surface area (Å²) in [7, 11) is 0. The molecule has 1 N–H and O–H groups in total. The summed E-state index contributed by atoms with van der Waals surface area (Å²) in [6.07, 6.45) is 0. The largest absolute Gasteiger partial charge is 0.356 e. The van der Waals surface area contributed by atoms with Gasteiger partial charge >= 0.3 is 0 Å². The first-order valence-corrected chi connectivity index (χ1v) is 3.42. The average molecular weight is 125 g/mol. The van der Waals surface area contributed by atoms with Crippen molar-refractivity contribution in [1.29, 1.82) is 0 Å². The smallest absolute Gasteiger partial charge is 0.224 e. The lowest BCUT2D eigenvalue weighted by atomic mass is 10.1. The summed E-state index contributed by atoms with van der Waals surface area (Å²) in [4.78, 5) is 10.9. The summed E-state index contributed by atoms with van der Waals surface area (Å²) in [6.45, 7) is 5.25. The molecule has 2 heteroatoms. The van der Waals surface area contributed by atoms with Crippen molar-refractivity contribution in [1.82, 2.24) is 5.32 Å². The Balaban J connectivity index is 2.23. The normalized spacial score (nSPS) is 44.0. The van der Waals surface area contributed by atoms with Gasteiger partial charge in [-0.3, -0.25) is 4.79 Å². The third kappa shape index (κ3) is 0.443. The molecule has 1 amide bonds. The topological polar surface area (TPSA) is 29.1 Å². The van der Waals surface area contributed by atoms with Gasteiger partial charge in [0.25, 0.3) is 0 Å². The van der Waals surface area contributed by atoms with Crippen LogP contribution >= 0.6 is 0 Å². The highest BCUT2D eigenvalue weighted by Gasteiger charge is 2.64. The molecule has 0 aromatic carbocycles. The number of nitrogens with one attached hydrogen (secondary N) is 1. The van der Waals surface area contributed by atoms with E-state index in [0.717, 1.165) is 6.54 Å². The van der Waals surface area contributed by atoms with E-state index in [1.165, 1.54) is 0 Å². The van der Waals surface area contributed by atoms with E-state index in [0.29, 0.717) is 17.3 Å². The number of piperidine rings is 1. The Hall–Kier alpha value is -0.530. The summed E-state index contributed by atoms with van der Waals surface area (Å²) >= 11 is 0. The summed E-state index contributed by atoms with van der Waals surface area (Å²) in [5, 5.41) is 2.84. The van der Waals surface area contributed by atoms with Gasteiger partial charge in [-0.2, -0.15) is 0 Å². The van der Waals surface area contributed by atoms with Crippen LogP contribution in [0.1, 0.15) is 13.8 Å². The van der Waals surface area contributed by atoms with Crippen LogP contribution in [0.5, 0.6) is 0 Å².